The summed E-state index contributed by atoms with van der Waals surface area (Å²) in [7, 11) is 0. The number of nitroso groups, excluding NO2 is 1. The molecule has 1 aromatic rings. The lowest BCUT2D eigenvalue weighted by Crippen LogP contribution is -1.74. The Morgan fingerprint density at radius 2 is 2.40 bits per heavy atom. The third-order valence-corrected chi connectivity index (χ3v) is 0.994. The van der Waals surface area contributed by atoms with E-state index in [4.69, 9.17) is 0 Å². The minimum Gasteiger partial charge on any atom is -0.257 e. The third-order valence-electron chi connectivity index (χ3n) is 0.994. The first-order valence-corrected chi connectivity index (χ1v) is 2.83. The van der Waals surface area contributed by atoms with Crippen LogP contribution in [0.1, 0.15) is 5.69 Å². The van der Waals surface area contributed by atoms with Crippen molar-refractivity contribution in [3.05, 3.63) is 41.2 Å². The van der Waals surface area contributed by atoms with Crippen LogP contribution in [0.3, 0.4) is 0 Å². The molecule has 0 unspecified atom stereocenters. The van der Waals surface area contributed by atoms with Gasteiger partial charge in [-0.1, -0.05) is 6.07 Å². The normalized spacial score (nSPS) is 10.0. The van der Waals surface area contributed by atoms with Crippen LogP contribution >= 0.6 is 0 Å². The topological polar surface area (TPSA) is 42.3 Å². The summed E-state index contributed by atoms with van der Waals surface area (Å²) in [4.78, 5) is 13.5. The molecule has 0 aromatic carbocycles. The molecule has 50 valence electrons. The van der Waals surface area contributed by atoms with Gasteiger partial charge in [0.15, 0.2) is 0 Å². The molecule has 0 aliphatic carbocycles. The van der Waals surface area contributed by atoms with Crippen LogP contribution < -0.4 is 0 Å². The fourth-order valence-electron chi connectivity index (χ4n) is 0.581. The summed E-state index contributed by atoms with van der Waals surface area (Å²) in [6, 6.07) is 5.45. The zero-order valence-electron chi connectivity index (χ0n) is 5.27. The van der Waals surface area contributed by atoms with Gasteiger partial charge in [0.1, 0.15) is 0 Å². The van der Waals surface area contributed by atoms with E-state index in [1.54, 1.807) is 18.3 Å². The molecule has 0 N–H and O–H groups in total. The van der Waals surface area contributed by atoms with Gasteiger partial charge in [-0.25, -0.2) is 0 Å². The van der Waals surface area contributed by atoms with Crippen molar-refractivity contribution in [2.24, 2.45) is 5.18 Å². The van der Waals surface area contributed by atoms with E-state index >= 15 is 0 Å². The maximum Gasteiger partial charge on any atom is 0.0736 e. The summed E-state index contributed by atoms with van der Waals surface area (Å²) in [6.45, 7) is 0. The molecule has 0 spiro atoms. The SMILES string of the molecule is O=N/C=C/c1ccccn1. The van der Waals surface area contributed by atoms with Gasteiger partial charge in [0.2, 0.25) is 0 Å². The van der Waals surface area contributed by atoms with Gasteiger partial charge in [0, 0.05) is 6.20 Å². The fourth-order valence-corrected chi connectivity index (χ4v) is 0.581. The Hall–Kier alpha value is -1.51. The van der Waals surface area contributed by atoms with Crippen molar-refractivity contribution < 1.29 is 0 Å². The van der Waals surface area contributed by atoms with E-state index in [0.29, 0.717) is 0 Å². The first kappa shape index (κ1) is 6.61. The zero-order chi connectivity index (χ0) is 7.23. The second-order valence-electron chi connectivity index (χ2n) is 1.68. The fraction of sp³-hybridized carbons (Fsp3) is 0. The number of hydrogen-bond acceptors (Lipinski definition) is 3. The molecule has 0 saturated carbocycles. The van der Waals surface area contributed by atoms with Crippen molar-refractivity contribution >= 4 is 6.08 Å². The first-order chi connectivity index (χ1) is 4.93. The van der Waals surface area contributed by atoms with Crippen molar-refractivity contribution in [2.75, 3.05) is 0 Å². The van der Waals surface area contributed by atoms with Crippen LogP contribution in [0.5, 0.6) is 0 Å². The van der Waals surface area contributed by atoms with Crippen LogP contribution in [0.2, 0.25) is 0 Å². The van der Waals surface area contributed by atoms with Crippen LogP contribution in [-0.4, -0.2) is 4.98 Å². The highest BCUT2D eigenvalue weighted by molar-refractivity contribution is 5.43. The van der Waals surface area contributed by atoms with Crippen LogP contribution in [0.15, 0.2) is 35.8 Å². The van der Waals surface area contributed by atoms with Gasteiger partial charge in [-0.05, 0) is 23.4 Å². The van der Waals surface area contributed by atoms with E-state index in [1.165, 1.54) is 6.20 Å². The van der Waals surface area contributed by atoms with Gasteiger partial charge < -0.3 is 0 Å². The molecule has 10 heavy (non-hydrogen) atoms. The highest BCUT2D eigenvalue weighted by Crippen LogP contribution is 1.95. The van der Waals surface area contributed by atoms with E-state index in [9.17, 15) is 4.91 Å². The molecule has 0 fully saturated rings. The largest absolute Gasteiger partial charge is 0.257 e. The molecule has 0 amide bonds. The average molecular weight is 134 g/mol. The Kier molecular flexibility index (Phi) is 2.31. The number of pyridine rings is 1. The Balaban J connectivity index is 2.76. The van der Waals surface area contributed by atoms with Gasteiger partial charge in [-0.3, -0.25) is 4.98 Å². The van der Waals surface area contributed by atoms with Gasteiger partial charge in [0.25, 0.3) is 0 Å². The smallest absolute Gasteiger partial charge is 0.0736 e. The standard InChI is InChI=1S/C7H6N2O/c10-9-6-4-7-3-1-2-5-8-7/h1-6H/b6-4+. The predicted molar refractivity (Wildman–Crippen MR) is 39.1 cm³/mol. The molecule has 1 rings (SSSR count). The Morgan fingerprint density at radius 1 is 1.50 bits per heavy atom. The maximum atomic E-state index is 9.61. The molecule has 1 aromatic heterocycles. The molecule has 3 nitrogen and oxygen atoms in total. The quantitative estimate of drug-likeness (QED) is 0.579. The van der Waals surface area contributed by atoms with Crippen molar-refractivity contribution in [2.45, 2.75) is 0 Å². The minimum atomic E-state index is 0.738. The summed E-state index contributed by atoms with van der Waals surface area (Å²) in [5.41, 5.74) is 0.738. The molecule has 0 atom stereocenters. The summed E-state index contributed by atoms with van der Waals surface area (Å²) in [5, 5.41) is 2.56. The second-order valence-corrected chi connectivity index (χ2v) is 1.68. The van der Waals surface area contributed by atoms with Crippen molar-refractivity contribution in [3.63, 3.8) is 0 Å². The highest BCUT2D eigenvalue weighted by atomic mass is 16.2. The van der Waals surface area contributed by atoms with Gasteiger partial charge in [-0.2, -0.15) is 0 Å². The predicted octanol–water partition coefficient (Wildman–Crippen LogP) is 1.82. The summed E-state index contributed by atoms with van der Waals surface area (Å²) in [5.74, 6) is 0. The molecule has 0 radical (unpaired) electrons. The lowest BCUT2D eigenvalue weighted by Gasteiger charge is -1.85. The van der Waals surface area contributed by atoms with Crippen molar-refractivity contribution in [1.29, 1.82) is 0 Å². The van der Waals surface area contributed by atoms with E-state index in [0.717, 1.165) is 5.69 Å². The Bertz CT molecular complexity index is 231. The highest BCUT2D eigenvalue weighted by Gasteiger charge is 1.81. The number of hydrogen-bond donors (Lipinski definition) is 0. The molecule has 0 bridgehead atoms. The summed E-state index contributed by atoms with van der Waals surface area (Å²) < 4.78 is 0. The summed E-state index contributed by atoms with van der Waals surface area (Å²) >= 11 is 0. The van der Waals surface area contributed by atoms with Crippen LogP contribution in [0.25, 0.3) is 6.08 Å². The van der Waals surface area contributed by atoms with Crippen molar-refractivity contribution in [3.8, 4) is 0 Å². The van der Waals surface area contributed by atoms with E-state index < -0.39 is 0 Å². The van der Waals surface area contributed by atoms with Crippen LogP contribution in [0, 0.1) is 4.91 Å². The monoisotopic (exact) mass is 134 g/mol. The van der Waals surface area contributed by atoms with Gasteiger partial charge >= 0.3 is 0 Å². The van der Waals surface area contributed by atoms with Crippen LogP contribution in [-0.2, 0) is 0 Å². The van der Waals surface area contributed by atoms with E-state index in [-0.39, 0.29) is 0 Å². The zero-order valence-corrected chi connectivity index (χ0v) is 5.27. The lowest BCUT2D eigenvalue weighted by atomic mass is 10.3. The minimum absolute atomic E-state index is 0.738. The average Bonchev–Trinajstić information content (AvgIpc) is 2.03. The lowest BCUT2D eigenvalue weighted by molar-refractivity contribution is 1.29. The third kappa shape index (κ3) is 1.78. The van der Waals surface area contributed by atoms with E-state index in [2.05, 4.69) is 10.2 Å². The second kappa shape index (κ2) is 3.50. The van der Waals surface area contributed by atoms with Gasteiger partial charge in [-0.15, -0.1) is 4.91 Å². The number of rotatable bonds is 2. The van der Waals surface area contributed by atoms with Gasteiger partial charge in [0.05, 0.1) is 11.9 Å². The Labute approximate surface area is 58.4 Å². The molecular formula is C7H6N2O. The van der Waals surface area contributed by atoms with E-state index in [1.807, 2.05) is 12.1 Å². The molecule has 0 saturated heterocycles. The molecule has 3 heteroatoms. The molecule has 0 aliphatic rings. The Morgan fingerprint density at radius 3 is 3.00 bits per heavy atom. The summed E-state index contributed by atoms with van der Waals surface area (Å²) in [6.07, 6.45) is 4.37. The molecule has 0 aliphatic heterocycles. The van der Waals surface area contributed by atoms with Crippen molar-refractivity contribution in [1.82, 2.24) is 4.98 Å². The first-order valence-electron chi connectivity index (χ1n) is 2.83. The number of aromatic nitrogens is 1. The number of nitrogens with zero attached hydrogens (tertiary/aromatic N) is 2. The van der Waals surface area contributed by atoms with Crippen LogP contribution in [0.4, 0.5) is 0 Å². The maximum absolute atomic E-state index is 9.61. The molecule has 1 heterocycles. The molecular weight excluding hydrogens is 128 g/mol.